The van der Waals surface area contributed by atoms with Gasteiger partial charge in [0.25, 0.3) is 0 Å². The Labute approximate surface area is 244 Å². The van der Waals surface area contributed by atoms with Crippen molar-refractivity contribution in [1.29, 1.82) is 0 Å². The lowest BCUT2D eigenvalue weighted by Gasteiger charge is -2.33. The number of methoxy groups -OCH3 is 3. The van der Waals surface area contributed by atoms with Crippen LogP contribution in [0.15, 0.2) is 36.5 Å². The van der Waals surface area contributed by atoms with Crippen LogP contribution in [0.5, 0.6) is 11.8 Å². The molecule has 1 saturated heterocycles. The van der Waals surface area contributed by atoms with Gasteiger partial charge in [-0.2, -0.15) is 9.97 Å². The summed E-state index contributed by atoms with van der Waals surface area (Å²) in [5.41, 5.74) is 2.07. The van der Waals surface area contributed by atoms with E-state index in [1.807, 2.05) is 24.3 Å². The normalized spacial score (nSPS) is 18.4. The Morgan fingerprint density at radius 3 is 2.52 bits per heavy atom. The van der Waals surface area contributed by atoms with Gasteiger partial charge < -0.3 is 28.6 Å². The number of nitrogens with zero attached hydrogens (tertiary/aromatic N) is 4. The van der Waals surface area contributed by atoms with E-state index in [2.05, 4.69) is 22.9 Å². The van der Waals surface area contributed by atoms with Crippen molar-refractivity contribution < 1.29 is 28.1 Å². The number of benzene rings is 2. The molecular formula is C32H37FN4O5. The van der Waals surface area contributed by atoms with Crippen molar-refractivity contribution in [2.45, 2.75) is 38.9 Å². The SMILES string of the molecule is CCc1cccc2cc(OCOC)cc(-c3ncc4c(N5CC6CCC(C6)C5)nc(OCC(OC)OC)nc4c3F)c12. The lowest BCUT2D eigenvalue weighted by Crippen LogP contribution is -2.37. The minimum absolute atomic E-state index is 0.0616. The number of aromatic nitrogens is 3. The molecule has 2 fully saturated rings. The highest BCUT2D eigenvalue weighted by molar-refractivity contribution is 6.01. The molecule has 2 unspecified atom stereocenters. The van der Waals surface area contributed by atoms with Crippen molar-refractivity contribution in [1.82, 2.24) is 15.0 Å². The topological polar surface area (TPSA) is 88.1 Å². The van der Waals surface area contributed by atoms with Gasteiger partial charge in [0.2, 0.25) is 0 Å². The maximum absolute atomic E-state index is 16.8. The number of pyridine rings is 1. The number of hydrogen-bond donors (Lipinski definition) is 0. The van der Waals surface area contributed by atoms with Crippen LogP contribution < -0.4 is 14.4 Å². The quantitative estimate of drug-likeness (QED) is 0.207. The fourth-order valence-electron chi connectivity index (χ4n) is 6.44. The first-order valence-electron chi connectivity index (χ1n) is 14.5. The zero-order chi connectivity index (χ0) is 29.2. The van der Waals surface area contributed by atoms with Crippen molar-refractivity contribution in [2.24, 2.45) is 11.8 Å². The highest BCUT2D eigenvalue weighted by Gasteiger charge is 2.35. The molecule has 2 bridgehead atoms. The summed E-state index contributed by atoms with van der Waals surface area (Å²) in [6.45, 7) is 3.96. The van der Waals surface area contributed by atoms with Crippen LogP contribution in [0.25, 0.3) is 32.9 Å². The van der Waals surface area contributed by atoms with E-state index < -0.39 is 12.1 Å². The Balaban J connectivity index is 1.52. The smallest absolute Gasteiger partial charge is 0.319 e. The number of aryl methyl sites for hydroxylation is 1. The van der Waals surface area contributed by atoms with Gasteiger partial charge in [0, 0.05) is 46.2 Å². The third-order valence-electron chi connectivity index (χ3n) is 8.44. The fraction of sp³-hybridized carbons (Fsp3) is 0.469. The van der Waals surface area contributed by atoms with E-state index in [1.54, 1.807) is 13.3 Å². The maximum Gasteiger partial charge on any atom is 0.319 e. The third-order valence-corrected chi connectivity index (χ3v) is 8.44. The van der Waals surface area contributed by atoms with Gasteiger partial charge >= 0.3 is 6.01 Å². The summed E-state index contributed by atoms with van der Waals surface area (Å²) < 4.78 is 44.2. The van der Waals surface area contributed by atoms with E-state index in [1.165, 1.54) is 33.5 Å². The number of anilines is 1. The van der Waals surface area contributed by atoms with E-state index in [-0.39, 0.29) is 30.6 Å². The van der Waals surface area contributed by atoms with Gasteiger partial charge in [-0.05, 0) is 66.0 Å². The summed E-state index contributed by atoms with van der Waals surface area (Å²) in [5.74, 6) is 1.89. The molecule has 10 heteroatoms. The highest BCUT2D eigenvalue weighted by atomic mass is 19.1. The molecule has 0 radical (unpaired) electrons. The zero-order valence-corrected chi connectivity index (χ0v) is 24.6. The molecule has 0 amide bonds. The third kappa shape index (κ3) is 5.46. The van der Waals surface area contributed by atoms with Crippen LogP contribution in [0.4, 0.5) is 10.2 Å². The summed E-state index contributed by atoms with van der Waals surface area (Å²) in [5, 5.41) is 2.42. The summed E-state index contributed by atoms with van der Waals surface area (Å²) in [6, 6.07) is 9.88. The largest absolute Gasteiger partial charge is 0.468 e. The Kier molecular flexibility index (Phi) is 8.37. The number of fused-ring (bicyclic) bond motifs is 4. The number of rotatable bonds is 11. The average molecular weight is 577 g/mol. The van der Waals surface area contributed by atoms with Gasteiger partial charge in [-0.15, -0.1) is 0 Å². The summed E-state index contributed by atoms with van der Waals surface area (Å²) in [7, 11) is 4.63. The van der Waals surface area contributed by atoms with Crippen LogP contribution in [0.1, 0.15) is 31.7 Å². The van der Waals surface area contributed by atoms with Gasteiger partial charge in [0.15, 0.2) is 18.9 Å². The molecule has 9 nitrogen and oxygen atoms in total. The molecule has 1 aliphatic heterocycles. The lowest BCUT2D eigenvalue weighted by atomic mass is 9.95. The monoisotopic (exact) mass is 576 g/mol. The predicted octanol–water partition coefficient (Wildman–Crippen LogP) is 5.76. The Morgan fingerprint density at radius 2 is 1.81 bits per heavy atom. The van der Waals surface area contributed by atoms with Crippen LogP contribution in [-0.4, -0.2) is 69.1 Å². The molecule has 1 aliphatic carbocycles. The van der Waals surface area contributed by atoms with Gasteiger partial charge in [0.05, 0.1) is 5.39 Å². The van der Waals surface area contributed by atoms with Gasteiger partial charge in [-0.25, -0.2) is 4.39 Å². The second kappa shape index (κ2) is 12.3. The zero-order valence-electron chi connectivity index (χ0n) is 24.6. The van der Waals surface area contributed by atoms with E-state index in [0.717, 1.165) is 35.8 Å². The van der Waals surface area contributed by atoms with Gasteiger partial charge in [-0.3, -0.25) is 4.98 Å². The first-order chi connectivity index (χ1) is 20.5. The molecule has 42 heavy (non-hydrogen) atoms. The maximum atomic E-state index is 16.8. The van der Waals surface area contributed by atoms with Crippen LogP contribution in [0.3, 0.4) is 0 Å². The summed E-state index contributed by atoms with van der Waals surface area (Å²) in [4.78, 5) is 16.3. The minimum atomic E-state index is -0.606. The molecule has 2 atom stereocenters. The molecule has 1 saturated carbocycles. The molecule has 6 rings (SSSR count). The number of hydrogen-bond acceptors (Lipinski definition) is 9. The number of piperidine rings is 1. The van der Waals surface area contributed by atoms with E-state index >= 15 is 4.39 Å². The number of halogens is 1. The van der Waals surface area contributed by atoms with E-state index in [9.17, 15) is 0 Å². The fourth-order valence-corrected chi connectivity index (χ4v) is 6.44. The van der Waals surface area contributed by atoms with Crippen molar-refractivity contribution >= 4 is 27.5 Å². The Morgan fingerprint density at radius 1 is 1.02 bits per heavy atom. The van der Waals surface area contributed by atoms with Crippen molar-refractivity contribution in [3.8, 4) is 23.0 Å². The van der Waals surface area contributed by atoms with Crippen molar-refractivity contribution in [3.63, 3.8) is 0 Å². The molecule has 0 N–H and O–H groups in total. The van der Waals surface area contributed by atoms with Crippen LogP contribution in [0.2, 0.25) is 0 Å². The van der Waals surface area contributed by atoms with Crippen LogP contribution in [0, 0.1) is 17.7 Å². The lowest BCUT2D eigenvalue weighted by molar-refractivity contribution is -0.123. The van der Waals surface area contributed by atoms with Gasteiger partial charge in [-0.1, -0.05) is 25.1 Å². The van der Waals surface area contributed by atoms with Crippen LogP contribution >= 0.6 is 0 Å². The first kappa shape index (κ1) is 28.5. The highest BCUT2D eigenvalue weighted by Crippen LogP contribution is 2.42. The van der Waals surface area contributed by atoms with Crippen molar-refractivity contribution in [2.75, 3.05) is 52.7 Å². The molecular weight excluding hydrogens is 539 g/mol. The first-order valence-corrected chi connectivity index (χ1v) is 14.5. The molecule has 222 valence electrons. The van der Waals surface area contributed by atoms with Gasteiger partial charge in [0.1, 0.15) is 29.4 Å². The average Bonchev–Trinajstić information content (AvgIpc) is 3.36. The molecule has 0 spiro atoms. The molecule has 2 aromatic carbocycles. The second-order valence-electron chi connectivity index (χ2n) is 11.1. The van der Waals surface area contributed by atoms with E-state index in [0.29, 0.717) is 34.4 Å². The van der Waals surface area contributed by atoms with Crippen LogP contribution in [-0.2, 0) is 20.6 Å². The second-order valence-corrected chi connectivity index (χ2v) is 11.1. The van der Waals surface area contributed by atoms with Crippen molar-refractivity contribution in [3.05, 3.63) is 47.9 Å². The minimum Gasteiger partial charge on any atom is -0.468 e. The molecule has 2 aliphatic rings. The predicted molar refractivity (Wildman–Crippen MR) is 158 cm³/mol. The summed E-state index contributed by atoms with van der Waals surface area (Å²) in [6.07, 6.45) is 5.52. The molecule has 3 heterocycles. The Hall–Kier alpha value is -3.60. The molecule has 4 aromatic rings. The Bertz CT molecular complexity index is 1570. The standard InChI is InChI=1S/C32H37FN4O5/c1-5-21-7-6-8-22-12-23(42-18-38-2)13-24(27(21)22)29-28(33)30-25(14-34-29)31(37-15-19-9-10-20(11-19)16-37)36-32(35-30)41-17-26(39-3)40-4/h6-8,12-14,19-20,26H,5,9-11,15-18H2,1-4H3. The summed E-state index contributed by atoms with van der Waals surface area (Å²) >= 11 is 0. The number of ether oxygens (including phenoxy) is 5. The molecule has 2 aromatic heterocycles. The van der Waals surface area contributed by atoms with E-state index in [4.69, 9.17) is 33.7 Å².